The molecule has 4 aliphatic carbocycles. The molecule has 3 saturated carbocycles. The van der Waals surface area contributed by atoms with Crippen LogP contribution in [0.2, 0.25) is 0 Å². The number of carbonyl (C=O) groups excluding carboxylic acids is 3. The van der Waals surface area contributed by atoms with E-state index in [0.29, 0.717) is 30.1 Å². The highest BCUT2D eigenvalue weighted by Crippen LogP contribution is 2.62. The Balaban J connectivity index is 1.55. The molecule has 0 aromatic rings. The van der Waals surface area contributed by atoms with Crippen molar-refractivity contribution in [2.45, 2.75) is 77.9 Å². The molecule has 5 nitrogen and oxygen atoms in total. The van der Waals surface area contributed by atoms with E-state index in [1.165, 1.54) is 19.4 Å². The van der Waals surface area contributed by atoms with Crippen molar-refractivity contribution in [1.29, 1.82) is 0 Å². The van der Waals surface area contributed by atoms with E-state index in [9.17, 15) is 14.4 Å². The largest absolute Gasteiger partial charge is 0.462 e. The maximum Gasteiger partial charge on any atom is 0.303 e. The number of fused-ring (bicyclic) bond motifs is 5. The highest BCUT2D eigenvalue weighted by molar-refractivity contribution is 5.96. The van der Waals surface area contributed by atoms with Crippen molar-refractivity contribution in [1.82, 2.24) is 0 Å². The zero-order valence-corrected chi connectivity index (χ0v) is 16.5. The van der Waals surface area contributed by atoms with Crippen LogP contribution in [0, 0.1) is 29.1 Å². The monoisotopic (exact) mass is 374 g/mol. The van der Waals surface area contributed by atoms with Gasteiger partial charge in [0.25, 0.3) is 0 Å². The molecule has 7 atom stereocenters. The van der Waals surface area contributed by atoms with E-state index in [2.05, 4.69) is 6.92 Å². The number of ether oxygens (including phenoxy) is 2. The molecular weight excluding hydrogens is 344 g/mol. The second-order valence-electron chi connectivity index (χ2n) is 9.25. The van der Waals surface area contributed by atoms with E-state index in [1.807, 2.05) is 0 Å². The van der Waals surface area contributed by atoms with Crippen molar-refractivity contribution >= 4 is 17.7 Å². The second kappa shape index (κ2) is 6.75. The van der Waals surface area contributed by atoms with Crippen molar-refractivity contribution in [2.75, 3.05) is 0 Å². The first-order chi connectivity index (χ1) is 12.8. The Labute approximate surface area is 160 Å². The van der Waals surface area contributed by atoms with E-state index in [-0.39, 0.29) is 29.2 Å². The molecule has 0 heterocycles. The second-order valence-corrected chi connectivity index (χ2v) is 9.25. The van der Waals surface area contributed by atoms with Crippen molar-refractivity contribution in [3.63, 3.8) is 0 Å². The van der Waals surface area contributed by atoms with Gasteiger partial charge in [-0.2, -0.15) is 0 Å². The summed E-state index contributed by atoms with van der Waals surface area (Å²) in [4.78, 5) is 35.2. The van der Waals surface area contributed by atoms with Gasteiger partial charge in [0.2, 0.25) is 0 Å². The predicted octanol–water partition coefficient (Wildman–Crippen LogP) is 3.60. The topological polar surface area (TPSA) is 69.7 Å². The average molecular weight is 374 g/mol. The summed E-state index contributed by atoms with van der Waals surface area (Å²) >= 11 is 0. The van der Waals surface area contributed by atoms with Gasteiger partial charge in [0.15, 0.2) is 11.9 Å². The van der Waals surface area contributed by atoms with Crippen LogP contribution in [-0.2, 0) is 23.9 Å². The van der Waals surface area contributed by atoms with Crippen LogP contribution in [0.25, 0.3) is 0 Å². The fraction of sp³-hybridized carbons (Fsp3) is 0.773. The summed E-state index contributed by atoms with van der Waals surface area (Å²) in [6.07, 6.45) is 8.16. The number of allylic oxidation sites excluding steroid dienone is 1. The number of rotatable bonds is 2. The molecule has 0 saturated heterocycles. The highest BCUT2D eigenvalue weighted by Gasteiger charge is 2.57. The van der Waals surface area contributed by atoms with E-state index < -0.39 is 6.10 Å². The Hall–Kier alpha value is -1.65. The highest BCUT2D eigenvalue weighted by atomic mass is 16.5. The van der Waals surface area contributed by atoms with E-state index in [4.69, 9.17) is 9.47 Å². The van der Waals surface area contributed by atoms with Crippen LogP contribution in [0.5, 0.6) is 0 Å². The molecule has 0 amide bonds. The lowest BCUT2D eigenvalue weighted by Crippen LogP contribution is -2.49. The number of ketones is 1. The third-order valence-corrected chi connectivity index (χ3v) is 7.89. The Morgan fingerprint density at radius 2 is 1.78 bits per heavy atom. The number of hydrogen-bond donors (Lipinski definition) is 0. The molecular formula is C22H30O5. The van der Waals surface area contributed by atoms with Gasteiger partial charge in [-0.25, -0.2) is 0 Å². The van der Waals surface area contributed by atoms with Crippen LogP contribution in [0.1, 0.15) is 65.7 Å². The van der Waals surface area contributed by atoms with E-state index in [1.54, 1.807) is 6.08 Å². The Bertz CT molecular complexity index is 695. The quantitative estimate of drug-likeness (QED) is 0.691. The van der Waals surface area contributed by atoms with Crippen LogP contribution < -0.4 is 0 Å². The van der Waals surface area contributed by atoms with E-state index in [0.717, 1.165) is 38.5 Å². The van der Waals surface area contributed by atoms with Crippen LogP contribution in [0.4, 0.5) is 0 Å². The Morgan fingerprint density at radius 3 is 2.48 bits per heavy atom. The maximum absolute atomic E-state index is 12.3. The minimum Gasteiger partial charge on any atom is -0.462 e. The molecule has 0 aliphatic heterocycles. The molecule has 27 heavy (non-hydrogen) atoms. The minimum absolute atomic E-state index is 0.0413. The van der Waals surface area contributed by atoms with Gasteiger partial charge in [0.1, 0.15) is 6.10 Å². The van der Waals surface area contributed by atoms with Crippen LogP contribution in [0.15, 0.2) is 11.6 Å². The summed E-state index contributed by atoms with van der Waals surface area (Å²) in [5.74, 6) is 1.48. The molecule has 4 rings (SSSR count). The SMILES string of the molecule is CC(=O)O[C@@H]1C[C@H]2C(=CC1=O)CC[C@@H]1[C@H]2CC[C@]2(C)[C@@H]1CC[C@H]2OC(C)=O. The summed E-state index contributed by atoms with van der Waals surface area (Å²) in [7, 11) is 0. The van der Waals surface area contributed by atoms with Gasteiger partial charge in [-0.05, 0) is 74.7 Å². The molecule has 0 radical (unpaired) electrons. The molecule has 0 N–H and O–H groups in total. The van der Waals surface area contributed by atoms with Crippen molar-refractivity contribution in [3.8, 4) is 0 Å². The van der Waals surface area contributed by atoms with Gasteiger partial charge in [-0.3, -0.25) is 14.4 Å². The van der Waals surface area contributed by atoms with Crippen LogP contribution in [0.3, 0.4) is 0 Å². The zero-order chi connectivity index (χ0) is 19.3. The van der Waals surface area contributed by atoms with Crippen LogP contribution >= 0.6 is 0 Å². The van der Waals surface area contributed by atoms with Gasteiger partial charge in [-0.15, -0.1) is 0 Å². The first-order valence-electron chi connectivity index (χ1n) is 10.4. The molecule has 0 spiro atoms. The summed E-state index contributed by atoms with van der Waals surface area (Å²) in [6, 6.07) is 0. The first kappa shape index (κ1) is 18.7. The van der Waals surface area contributed by atoms with Crippen LogP contribution in [-0.4, -0.2) is 29.9 Å². The number of carbonyl (C=O) groups is 3. The molecule has 0 bridgehead atoms. The van der Waals surface area contributed by atoms with Crippen molar-refractivity contribution in [2.24, 2.45) is 29.1 Å². The third kappa shape index (κ3) is 3.13. The summed E-state index contributed by atoms with van der Waals surface area (Å²) in [6.45, 7) is 5.19. The van der Waals surface area contributed by atoms with Crippen molar-refractivity contribution in [3.05, 3.63) is 11.6 Å². The standard InChI is InChI=1S/C22H30O5/c1-12(23)26-20-11-17-14(10-19(20)25)4-5-16-15(17)8-9-22(3)18(16)6-7-21(22)27-13(2)24/h10,15-18,20-21H,4-9,11H2,1-3H3/t15-,16-,17+,18-,20-,21-,22-/m1/s1. The molecule has 5 heteroatoms. The van der Waals surface area contributed by atoms with Gasteiger partial charge in [-0.1, -0.05) is 12.5 Å². The number of esters is 2. The Morgan fingerprint density at radius 1 is 1.04 bits per heavy atom. The normalized spacial score (nSPS) is 43.1. The smallest absolute Gasteiger partial charge is 0.303 e. The molecule has 0 aromatic heterocycles. The lowest BCUT2D eigenvalue weighted by Gasteiger charge is -2.53. The van der Waals surface area contributed by atoms with E-state index >= 15 is 0 Å². The van der Waals surface area contributed by atoms with Gasteiger partial charge in [0.05, 0.1) is 0 Å². The fourth-order valence-corrected chi connectivity index (χ4v) is 6.81. The lowest BCUT2D eigenvalue weighted by atomic mass is 9.52. The summed E-state index contributed by atoms with van der Waals surface area (Å²) in [5, 5.41) is 0. The fourth-order valence-electron chi connectivity index (χ4n) is 6.81. The molecule has 3 fully saturated rings. The summed E-state index contributed by atoms with van der Waals surface area (Å²) in [5.41, 5.74) is 1.34. The van der Waals surface area contributed by atoms with Crippen molar-refractivity contribution < 1.29 is 23.9 Å². The summed E-state index contributed by atoms with van der Waals surface area (Å²) < 4.78 is 11.0. The van der Waals surface area contributed by atoms with Gasteiger partial charge < -0.3 is 9.47 Å². The molecule has 148 valence electrons. The van der Waals surface area contributed by atoms with Gasteiger partial charge >= 0.3 is 11.9 Å². The molecule has 0 aromatic carbocycles. The predicted molar refractivity (Wildman–Crippen MR) is 98.6 cm³/mol. The minimum atomic E-state index is -0.610. The van der Waals surface area contributed by atoms with Gasteiger partial charge in [0, 0.05) is 19.3 Å². The number of hydrogen-bond acceptors (Lipinski definition) is 5. The average Bonchev–Trinajstić information content (AvgIpc) is 2.91. The molecule has 4 aliphatic rings. The first-order valence-corrected chi connectivity index (χ1v) is 10.4. The maximum atomic E-state index is 12.3. The zero-order valence-electron chi connectivity index (χ0n) is 16.5. The lowest BCUT2D eigenvalue weighted by molar-refractivity contribution is -0.158. The third-order valence-electron chi connectivity index (χ3n) is 7.89. The molecule has 0 unspecified atom stereocenters. The Kier molecular flexibility index (Phi) is 4.68.